The van der Waals surface area contributed by atoms with Crippen LogP contribution in [0.1, 0.15) is 56.5 Å². The van der Waals surface area contributed by atoms with E-state index < -0.39 is 54.0 Å². The van der Waals surface area contributed by atoms with Crippen LogP contribution in [-0.4, -0.2) is 48.1 Å². The lowest BCUT2D eigenvalue weighted by Crippen LogP contribution is -2.46. The molecule has 0 radical (unpaired) electrons. The van der Waals surface area contributed by atoms with Gasteiger partial charge < -0.3 is 14.2 Å². The van der Waals surface area contributed by atoms with Crippen LogP contribution >= 0.6 is 0 Å². The molecule has 10 heteroatoms. The summed E-state index contributed by atoms with van der Waals surface area (Å²) in [7, 11) is -1.04. The fourth-order valence-corrected chi connectivity index (χ4v) is 3.42. The second-order valence-corrected chi connectivity index (χ2v) is 8.58. The number of hydrogen-bond acceptors (Lipinski definition) is 3. The number of nitrogens with zero attached hydrogens (tertiary/aromatic N) is 1. The highest BCUT2D eigenvalue weighted by Crippen LogP contribution is 2.38. The lowest BCUT2D eigenvalue weighted by molar-refractivity contribution is -0.138. The third kappa shape index (κ3) is 4.28. The van der Waals surface area contributed by atoms with Gasteiger partial charge in [0.05, 0.1) is 28.9 Å². The van der Waals surface area contributed by atoms with Crippen LogP contribution in [0, 0.1) is 0 Å². The van der Waals surface area contributed by atoms with Crippen molar-refractivity contribution in [2.45, 2.75) is 63.8 Å². The van der Waals surface area contributed by atoms with Crippen LogP contribution in [-0.2, 0) is 15.5 Å². The van der Waals surface area contributed by atoms with E-state index in [4.69, 9.17) is 9.31 Å². The second-order valence-electron chi connectivity index (χ2n) is 8.58. The molecule has 1 aromatic carbocycles. The molecule has 29 heavy (non-hydrogen) atoms. The van der Waals surface area contributed by atoms with Crippen molar-refractivity contribution >= 4 is 18.5 Å². The fourth-order valence-electron chi connectivity index (χ4n) is 3.42. The van der Waals surface area contributed by atoms with E-state index in [1.54, 1.807) is 27.7 Å². The Hall–Kier alpha value is -1.68. The van der Waals surface area contributed by atoms with Crippen molar-refractivity contribution < 1.29 is 36.1 Å². The Morgan fingerprint density at radius 2 is 1.69 bits per heavy atom. The maximum Gasteiger partial charge on any atom is 0.494 e. The van der Waals surface area contributed by atoms with Gasteiger partial charge in [0.25, 0.3) is 11.8 Å². The summed E-state index contributed by atoms with van der Waals surface area (Å²) in [5, 5.41) is 0. The van der Waals surface area contributed by atoms with Gasteiger partial charge in [-0.15, -0.1) is 0 Å². The van der Waals surface area contributed by atoms with Crippen molar-refractivity contribution in [2.24, 2.45) is 0 Å². The number of amides is 1. The minimum absolute atomic E-state index is 0.00923. The number of likely N-dealkylation sites (tertiary alicyclic amines) is 1. The summed E-state index contributed by atoms with van der Waals surface area (Å²) in [6.45, 7) is 6.18. The Morgan fingerprint density at radius 1 is 1.10 bits per heavy atom. The molecule has 3 rings (SSSR count). The minimum Gasteiger partial charge on any atom is -0.399 e. The molecule has 0 aliphatic carbocycles. The topological polar surface area (TPSA) is 38.8 Å². The highest BCUT2D eigenvalue weighted by Gasteiger charge is 2.52. The number of carbonyl (C=O) groups excluding carboxylic acids is 1. The summed E-state index contributed by atoms with van der Waals surface area (Å²) >= 11 is 0. The molecule has 1 amide bonds. The van der Waals surface area contributed by atoms with Crippen LogP contribution in [0.5, 0.6) is 0 Å². The molecule has 0 N–H and O–H groups in total. The lowest BCUT2D eigenvalue weighted by Gasteiger charge is -2.33. The third-order valence-corrected chi connectivity index (χ3v) is 5.78. The molecule has 2 aliphatic rings. The highest BCUT2D eigenvalue weighted by atomic mass is 19.4. The predicted octanol–water partition coefficient (Wildman–Crippen LogP) is 3.88. The predicted molar refractivity (Wildman–Crippen MR) is 97.2 cm³/mol. The fraction of sp³-hybridized carbons (Fsp3) is 0.632. The van der Waals surface area contributed by atoms with Crippen molar-refractivity contribution in [3.8, 4) is 0 Å². The van der Waals surface area contributed by atoms with E-state index in [-0.39, 0.29) is 24.8 Å². The summed E-state index contributed by atoms with van der Waals surface area (Å²) < 4.78 is 79.9. The molecular weight excluding hydrogens is 396 g/mol. The molecule has 1 aromatic rings. The van der Waals surface area contributed by atoms with Crippen molar-refractivity contribution in [1.29, 1.82) is 0 Å². The summed E-state index contributed by atoms with van der Waals surface area (Å²) in [5.74, 6) is -4.16. The van der Waals surface area contributed by atoms with Gasteiger partial charge in [0, 0.05) is 13.0 Å². The van der Waals surface area contributed by atoms with Crippen molar-refractivity contribution in [3.05, 3.63) is 29.3 Å². The van der Waals surface area contributed by atoms with E-state index in [2.05, 4.69) is 0 Å². The summed E-state index contributed by atoms with van der Waals surface area (Å²) in [5.41, 5.74) is -3.23. The Kier molecular flexibility index (Phi) is 5.27. The maximum atomic E-state index is 13.7. The van der Waals surface area contributed by atoms with Gasteiger partial charge in [-0.05, 0) is 51.7 Å². The Balaban J connectivity index is 1.95. The first-order valence-electron chi connectivity index (χ1n) is 9.37. The molecule has 2 aliphatic heterocycles. The molecule has 0 saturated carbocycles. The zero-order chi connectivity index (χ0) is 21.8. The largest absolute Gasteiger partial charge is 0.494 e. The molecule has 2 heterocycles. The molecule has 2 fully saturated rings. The zero-order valence-electron chi connectivity index (χ0n) is 16.7. The number of carbonyl (C=O) groups is 1. The maximum absolute atomic E-state index is 13.7. The van der Waals surface area contributed by atoms with Gasteiger partial charge in [-0.3, -0.25) is 4.79 Å². The number of benzene rings is 1. The van der Waals surface area contributed by atoms with Crippen LogP contribution in [0.25, 0.3) is 0 Å². The molecule has 2 saturated heterocycles. The number of halogens is 5. The van der Waals surface area contributed by atoms with Gasteiger partial charge in [-0.25, -0.2) is 8.78 Å². The van der Waals surface area contributed by atoms with E-state index in [9.17, 15) is 26.7 Å². The average molecular weight is 419 g/mol. The smallest absolute Gasteiger partial charge is 0.399 e. The molecular formula is C19H23BF5NO3. The van der Waals surface area contributed by atoms with Crippen LogP contribution < -0.4 is 5.46 Å². The van der Waals surface area contributed by atoms with Crippen molar-refractivity contribution in [1.82, 2.24) is 4.90 Å². The SMILES string of the molecule is CC1(C)OB(c2ccc(C(=O)N3CCCC(F)(F)C3)c(C(F)(F)F)c2)OC1(C)C. The van der Waals surface area contributed by atoms with E-state index >= 15 is 0 Å². The number of rotatable bonds is 2. The summed E-state index contributed by atoms with van der Waals surface area (Å²) in [6, 6.07) is 3.13. The Bertz CT molecular complexity index is 794. The average Bonchev–Trinajstić information content (AvgIpc) is 2.80. The van der Waals surface area contributed by atoms with Gasteiger partial charge >= 0.3 is 13.3 Å². The summed E-state index contributed by atoms with van der Waals surface area (Å²) in [4.78, 5) is 13.4. The molecule has 4 nitrogen and oxygen atoms in total. The van der Waals surface area contributed by atoms with Crippen LogP contribution in [0.4, 0.5) is 22.0 Å². The van der Waals surface area contributed by atoms with Gasteiger partial charge in [-0.2, -0.15) is 13.2 Å². The quantitative estimate of drug-likeness (QED) is 0.540. The molecule has 0 spiro atoms. The molecule has 160 valence electrons. The van der Waals surface area contributed by atoms with Gasteiger partial charge in [0.2, 0.25) is 0 Å². The summed E-state index contributed by atoms with van der Waals surface area (Å²) in [6.07, 6.45) is -5.20. The molecule has 0 unspecified atom stereocenters. The Morgan fingerprint density at radius 3 is 2.21 bits per heavy atom. The monoisotopic (exact) mass is 419 g/mol. The normalized spacial score (nSPS) is 23.3. The van der Waals surface area contributed by atoms with Crippen LogP contribution in [0.15, 0.2) is 18.2 Å². The van der Waals surface area contributed by atoms with E-state index in [1.165, 1.54) is 6.07 Å². The van der Waals surface area contributed by atoms with Gasteiger partial charge in [0.15, 0.2) is 0 Å². The first kappa shape index (κ1) is 22.0. The zero-order valence-corrected chi connectivity index (χ0v) is 16.7. The van der Waals surface area contributed by atoms with Gasteiger partial charge in [0.1, 0.15) is 0 Å². The van der Waals surface area contributed by atoms with Crippen molar-refractivity contribution in [2.75, 3.05) is 13.1 Å². The van der Waals surface area contributed by atoms with E-state index in [0.717, 1.165) is 17.0 Å². The lowest BCUT2D eigenvalue weighted by atomic mass is 9.77. The number of hydrogen-bond donors (Lipinski definition) is 0. The van der Waals surface area contributed by atoms with Crippen molar-refractivity contribution in [3.63, 3.8) is 0 Å². The second kappa shape index (κ2) is 6.94. The molecule has 0 aromatic heterocycles. The van der Waals surface area contributed by atoms with E-state index in [0.29, 0.717) is 0 Å². The first-order valence-corrected chi connectivity index (χ1v) is 9.37. The Labute approximate surface area is 166 Å². The number of piperidine rings is 1. The molecule has 0 bridgehead atoms. The standard InChI is InChI=1S/C19H23BF5NO3/c1-16(2)17(3,4)29-20(28-16)12-6-7-13(14(10-12)19(23,24)25)15(27)26-9-5-8-18(21,22)11-26/h6-7,10H,5,8-9,11H2,1-4H3. The number of alkyl halides is 5. The highest BCUT2D eigenvalue weighted by molar-refractivity contribution is 6.62. The van der Waals surface area contributed by atoms with E-state index in [1.807, 2.05) is 0 Å². The molecule has 0 atom stereocenters. The third-order valence-electron chi connectivity index (χ3n) is 5.78. The van der Waals surface area contributed by atoms with Crippen LogP contribution in [0.3, 0.4) is 0 Å². The van der Waals surface area contributed by atoms with Crippen LogP contribution in [0.2, 0.25) is 0 Å². The minimum atomic E-state index is -4.84. The first-order chi connectivity index (χ1) is 13.1. The van der Waals surface area contributed by atoms with Gasteiger partial charge in [-0.1, -0.05) is 6.07 Å².